The molecule has 2 aliphatic rings. The third-order valence-corrected chi connectivity index (χ3v) is 8.93. The number of aryl methyl sites for hydroxylation is 1. The normalized spacial score (nSPS) is 20.4. The smallest absolute Gasteiger partial charge is 0.236 e. The average Bonchev–Trinajstić information content (AvgIpc) is 3.35. The lowest BCUT2D eigenvalue weighted by Gasteiger charge is -2.42. The summed E-state index contributed by atoms with van der Waals surface area (Å²) in [5.41, 5.74) is 3.92. The highest BCUT2D eigenvalue weighted by molar-refractivity contribution is 7.10. The number of benzene rings is 1. The minimum absolute atomic E-state index is 0.0762. The second-order valence-corrected chi connectivity index (χ2v) is 11.6. The SMILES string of the molecule is CCCCCCCCC(=O)N1CCN(C(=O)CN2CCc3sccc3[C@H]2c2ccccc2C)C[C@@H]1C. The molecule has 1 saturated heterocycles. The molecule has 6 heteroatoms. The van der Waals surface area contributed by atoms with Crippen molar-refractivity contribution < 1.29 is 9.59 Å². The molecule has 1 aromatic heterocycles. The number of hydrogen-bond acceptors (Lipinski definition) is 4. The first-order valence-corrected chi connectivity index (χ1v) is 14.8. The van der Waals surface area contributed by atoms with Crippen molar-refractivity contribution in [2.45, 2.75) is 84.2 Å². The summed E-state index contributed by atoms with van der Waals surface area (Å²) < 4.78 is 0. The van der Waals surface area contributed by atoms with Gasteiger partial charge in [0.2, 0.25) is 11.8 Å². The molecule has 0 radical (unpaired) electrons. The molecule has 0 N–H and O–H groups in total. The number of fused-ring (bicyclic) bond motifs is 1. The fourth-order valence-electron chi connectivity index (χ4n) is 5.83. The predicted molar refractivity (Wildman–Crippen MR) is 148 cm³/mol. The fraction of sp³-hybridized carbons (Fsp3) is 0.600. The summed E-state index contributed by atoms with van der Waals surface area (Å²) in [5.74, 6) is 0.438. The molecule has 5 nitrogen and oxygen atoms in total. The van der Waals surface area contributed by atoms with Crippen LogP contribution in [0, 0.1) is 6.92 Å². The van der Waals surface area contributed by atoms with E-state index in [4.69, 9.17) is 0 Å². The fourth-order valence-corrected chi connectivity index (χ4v) is 6.73. The monoisotopic (exact) mass is 509 g/mol. The van der Waals surface area contributed by atoms with Crippen molar-refractivity contribution in [3.8, 4) is 0 Å². The number of piperazine rings is 1. The van der Waals surface area contributed by atoms with Crippen LogP contribution in [0.25, 0.3) is 0 Å². The second kappa shape index (κ2) is 12.9. The molecule has 2 amide bonds. The van der Waals surface area contributed by atoms with E-state index < -0.39 is 0 Å². The number of rotatable bonds is 10. The van der Waals surface area contributed by atoms with Crippen molar-refractivity contribution in [2.75, 3.05) is 32.7 Å². The molecule has 4 rings (SSSR count). The third kappa shape index (κ3) is 6.38. The summed E-state index contributed by atoms with van der Waals surface area (Å²) >= 11 is 1.83. The maximum atomic E-state index is 13.5. The Morgan fingerprint density at radius 2 is 1.72 bits per heavy atom. The maximum absolute atomic E-state index is 13.5. The van der Waals surface area contributed by atoms with Crippen molar-refractivity contribution in [3.63, 3.8) is 0 Å². The van der Waals surface area contributed by atoms with Gasteiger partial charge < -0.3 is 9.80 Å². The minimum atomic E-state index is 0.0762. The first-order chi connectivity index (χ1) is 17.5. The largest absolute Gasteiger partial charge is 0.338 e. The summed E-state index contributed by atoms with van der Waals surface area (Å²) in [6.45, 7) is 9.72. The maximum Gasteiger partial charge on any atom is 0.236 e. The molecule has 0 saturated carbocycles. The van der Waals surface area contributed by atoms with Gasteiger partial charge in [0.25, 0.3) is 0 Å². The van der Waals surface area contributed by atoms with Gasteiger partial charge in [-0.15, -0.1) is 11.3 Å². The summed E-state index contributed by atoms with van der Waals surface area (Å²) in [6.07, 6.45) is 8.80. The average molecular weight is 510 g/mol. The van der Waals surface area contributed by atoms with Gasteiger partial charge in [-0.2, -0.15) is 0 Å². The Kier molecular flexibility index (Phi) is 9.60. The topological polar surface area (TPSA) is 43.9 Å². The Morgan fingerprint density at radius 1 is 0.944 bits per heavy atom. The van der Waals surface area contributed by atoms with Crippen molar-refractivity contribution >= 4 is 23.2 Å². The summed E-state index contributed by atoms with van der Waals surface area (Å²) in [4.78, 5) is 34.1. The van der Waals surface area contributed by atoms with Crippen LogP contribution in [0.15, 0.2) is 35.7 Å². The standard InChI is InChI=1S/C30H43N3O2S/c1-4-5-6-7-8-9-14-28(34)33-19-18-31(21-24(33)3)29(35)22-32-17-15-27-26(16-20-36-27)30(32)25-13-11-10-12-23(25)2/h10-13,16,20,24,30H,4-9,14-15,17-19,21-22H2,1-3H3/t24-,30+/m0/s1. The van der Waals surface area contributed by atoms with Gasteiger partial charge in [0.15, 0.2) is 0 Å². The van der Waals surface area contributed by atoms with Crippen LogP contribution >= 0.6 is 11.3 Å². The van der Waals surface area contributed by atoms with Crippen molar-refractivity contribution in [1.82, 2.24) is 14.7 Å². The number of hydrogen-bond donors (Lipinski definition) is 0. The molecular formula is C30H43N3O2S. The zero-order chi connectivity index (χ0) is 25.5. The van der Waals surface area contributed by atoms with Gasteiger partial charge in [-0.05, 0) is 54.8 Å². The molecule has 36 heavy (non-hydrogen) atoms. The van der Waals surface area contributed by atoms with Crippen LogP contribution in [-0.2, 0) is 16.0 Å². The molecule has 2 aliphatic heterocycles. The predicted octanol–water partition coefficient (Wildman–Crippen LogP) is 5.81. The minimum Gasteiger partial charge on any atom is -0.338 e. The first kappa shape index (κ1) is 26.9. The van der Waals surface area contributed by atoms with Crippen LogP contribution in [0.4, 0.5) is 0 Å². The second-order valence-electron chi connectivity index (χ2n) is 10.6. The van der Waals surface area contributed by atoms with E-state index in [0.717, 1.165) is 25.8 Å². The van der Waals surface area contributed by atoms with Crippen LogP contribution < -0.4 is 0 Å². The van der Waals surface area contributed by atoms with Crippen molar-refractivity contribution in [2.24, 2.45) is 0 Å². The van der Waals surface area contributed by atoms with E-state index in [1.807, 2.05) is 21.1 Å². The lowest BCUT2D eigenvalue weighted by Crippen LogP contribution is -2.57. The van der Waals surface area contributed by atoms with E-state index >= 15 is 0 Å². The molecule has 0 aliphatic carbocycles. The van der Waals surface area contributed by atoms with Crippen LogP contribution in [0.3, 0.4) is 0 Å². The van der Waals surface area contributed by atoms with Gasteiger partial charge in [0.05, 0.1) is 12.6 Å². The Balaban J connectivity index is 1.33. The number of amides is 2. The number of carbonyl (C=O) groups excluding carboxylic acids is 2. The lowest BCUT2D eigenvalue weighted by atomic mass is 9.90. The molecular weight excluding hydrogens is 466 g/mol. The van der Waals surface area contributed by atoms with Gasteiger partial charge in [-0.1, -0.05) is 63.3 Å². The van der Waals surface area contributed by atoms with Crippen molar-refractivity contribution in [3.05, 3.63) is 57.3 Å². The van der Waals surface area contributed by atoms with Gasteiger partial charge in [-0.3, -0.25) is 14.5 Å². The highest BCUT2D eigenvalue weighted by atomic mass is 32.1. The summed E-state index contributed by atoms with van der Waals surface area (Å²) in [5, 5.41) is 2.18. The first-order valence-electron chi connectivity index (χ1n) is 13.9. The third-order valence-electron chi connectivity index (χ3n) is 7.93. The van der Waals surface area contributed by atoms with Gasteiger partial charge in [-0.25, -0.2) is 0 Å². The molecule has 0 bridgehead atoms. The molecule has 196 valence electrons. The molecule has 2 atom stereocenters. The van der Waals surface area contributed by atoms with Crippen molar-refractivity contribution in [1.29, 1.82) is 0 Å². The number of carbonyl (C=O) groups is 2. The Labute approximate surface area is 221 Å². The van der Waals surface area contributed by atoms with E-state index in [1.165, 1.54) is 47.3 Å². The van der Waals surface area contributed by atoms with E-state index in [1.54, 1.807) is 0 Å². The van der Waals surface area contributed by atoms with E-state index in [2.05, 4.69) is 61.4 Å². The van der Waals surface area contributed by atoms with Gasteiger partial charge in [0.1, 0.15) is 0 Å². The van der Waals surface area contributed by atoms with E-state index in [9.17, 15) is 9.59 Å². The quantitative estimate of drug-likeness (QED) is 0.380. The van der Waals surface area contributed by atoms with Crippen LogP contribution in [0.5, 0.6) is 0 Å². The Morgan fingerprint density at radius 3 is 2.50 bits per heavy atom. The number of unbranched alkanes of at least 4 members (excludes halogenated alkanes) is 5. The number of nitrogens with zero attached hydrogens (tertiary/aromatic N) is 3. The Hall–Kier alpha value is -2.18. The van der Waals surface area contributed by atoms with E-state index in [0.29, 0.717) is 32.6 Å². The molecule has 0 spiro atoms. The molecule has 3 heterocycles. The molecule has 1 aromatic carbocycles. The van der Waals surface area contributed by atoms with Crippen LogP contribution in [0.1, 0.15) is 86.4 Å². The highest BCUT2D eigenvalue weighted by Gasteiger charge is 2.34. The van der Waals surface area contributed by atoms with E-state index in [-0.39, 0.29) is 23.9 Å². The van der Waals surface area contributed by atoms with Crippen LogP contribution in [-0.4, -0.2) is 65.3 Å². The molecule has 0 unspecified atom stereocenters. The molecule has 1 fully saturated rings. The summed E-state index contributed by atoms with van der Waals surface area (Å²) in [7, 11) is 0. The number of thiophene rings is 1. The zero-order valence-corrected chi connectivity index (χ0v) is 23.2. The zero-order valence-electron chi connectivity index (χ0n) is 22.4. The highest BCUT2D eigenvalue weighted by Crippen LogP contribution is 2.38. The van der Waals surface area contributed by atoms with Gasteiger partial charge in [0, 0.05) is 43.5 Å². The van der Waals surface area contributed by atoms with Crippen LogP contribution in [0.2, 0.25) is 0 Å². The molecule has 2 aromatic rings. The lowest BCUT2D eigenvalue weighted by molar-refractivity contribution is -0.143. The summed E-state index contributed by atoms with van der Waals surface area (Å²) in [6, 6.07) is 11.0. The Bertz CT molecular complexity index is 1020. The van der Waals surface area contributed by atoms with Gasteiger partial charge >= 0.3 is 0 Å².